The molecule has 4 nitrogen and oxygen atoms in total. The molecule has 98 valence electrons. The third-order valence-electron chi connectivity index (χ3n) is 2.81. The molecule has 0 aliphatic carbocycles. The molecule has 2 rings (SSSR count). The van der Waals surface area contributed by atoms with E-state index in [1.54, 1.807) is 18.3 Å². The van der Waals surface area contributed by atoms with Crippen LogP contribution in [0.1, 0.15) is 21.6 Å². The summed E-state index contributed by atoms with van der Waals surface area (Å²) in [5.41, 5.74) is 8.68. The van der Waals surface area contributed by atoms with Crippen molar-refractivity contribution in [1.82, 2.24) is 4.98 Å². The third-order valence-corrected chi connectivity index (χ3v) is 3.30. The van der Waals surface area contributed by atoms with Crippen molar-refractivity contribution in [3.8, 4) is 0 Å². The molecule has 0 aliphatic heterocycles. The van der Waals surface area contributed by atoms with E-state index in [0.29, 0.717) is 6.54 Å². The minimum absolute atomic E-state index is 0.260. The number of rotatable bonds is 4. The van der Waals surface area contributed by atoms with Crippen molar-refractivity contribution in [3.63, 3.8) is 0 Å². The Morgan fingerprint density at radius 3 is 2.89 bits per heavy atom. The quantitative estimate of drug-likeness (QED) is 0.910. The number of pyridine rings is 1. The van der Waals surface area contributed by atoms with E-state index in [4.69, 9.17) is 5.73 Å². The average molecular weight is 320 g/mol. The van der Waals surface area contributed by atoms with Crippen LogP contribution in [-0.2, 0) is 6.54 Å². The Balaban J connectivity index is 2.12. The summed E-state index contributed by atoms with van der Waals surface area (Å²) in [4.78, 5) is 15.0. The number of aromatic nitrogens is 1. The van der Waals surface area contributed by atoms with Gasteiger partial charge in [0.25, 0.3) is 5.91 Å². The van der Waals surface area contributed by atoms with E-state index in [-0.39, 0.29) is 5.69 Å². The van der Waals surface area contributed by atoms with Gasteiger partial charge in [-0.2, -0.15) is 0 Å². The molecule has 3 N–H and O–H groups in total. The highest BCUT2D eigenvalue weighted by Gasteiger charge is 2.04. The van der Waals surface area contributed by atoms with Crippen LogP contribution in [0.4, 0.5) is 5.69 Å². The summed E-state index contributed by atoms with van der Waals surface area (Å²) in [5, 5.41) is 3.26. The highest BCUT2D eigenvalue weighted by Crippen LogP contribution is 2.17. The van der Waals surface area contributed by atoms with E-state index in [2.05, 4.69) is 45.3 Å². The number of nitrogens with zero attached hydrogens (tertiary/aromatic N) is 1. The minimum atomic E-state index is -0.526. The lowest BCUT2D eigenvalue weighted by Crippen LogP contribution is -2.13. The second-order valence-electron chi connectivity index (χ2n) is 4.22. The zero-order valence-corrected chi connectivity index (χ0v) is 12.1. The normalized spacial score (nSPS) is 10.2. The number of carbonyl (C=O) groups excluding carboxylic acids is 1. The van der Waals surface area contributed by atoms with Crippen molar-refractivity contribution < 1.29 is 4.79 Å². The van der Waals surface area contributed by atoms with Crippen LogP contribution in [0.2, 0.25) is 0 Å². The Morgan fingerprint density at radius 2 is 2.16 bits per heavy atom. The van der Waals surface area contributed by atoms with Crippen molar-refractivity contribution >= 4 is 27.5 Å². The molecule has 0 spiro atoms. The molecular formula is C14H14BrN3O. The number of amides is 1. The highest BCUT2D eigenvalue weighted by molar-refractivity contribution is 9.10. The SMILES string of the molecule is Cc1ccc(Br)cc1CNc1ccnc(C(N)=O)c1. The molecule has 0 atom stereocenters. The van der Waals surface area contributed by atoms with Crippen LogP contribution >= 0.6 is 15.9 Å². The first-order valence-electron chi connectivity index (χ1n) is 5.81. The lowest BCUT2D eigenvalue weighted by atomic mass is 10.1. The van der Waals surface area contributed by atoms with Crippen LogP contribution in [0, 0.1) is 6.92 Å². The molecule has 5 heteroatoms. The maximum absolute atomic E-state index is 11.1. The lowest BCUT2D eigenvalue weighted by molar-refractivity contribution is 0.0995. The number of nitrogens with two attached hydrogens (primary N) is 1. The van der Waals surface area contributed by atoms with Gasteiger partial charge in [0, 0.05) is 22.9 Å². The molecule has 1 aromatic heterocycles. The molecule has 1 heterocycles. The van der Waals surface area contributed by atoms with E-state index in [1.807, 2.05) is 6.07 Å². The average Bonchev–Trinajstić information content (AvgIpc) is 2.40. The Kier molecular flexibility index (Phi) is 4.16. The zero-order valence-electron chi connectivity index (χ0n) is 10.5. The van der Waals surface area contributed by atoms with Crippen LogP contribution in [0.5, 0.6) is 0 Å². The molecular weight excluding hydrogens is 306 g/mol. The second kappa shape index (κ2) is 5.84. The summed E-state index contributed by atoms with van der Waals surface area (Å²) in [6.45, 7) is 2.73. The molecule has 2 aromatic rings. The molecule has 0 aliphatic rings. The molecule has 0 radical (unpaired) electrons. The first-order valence-corrected chi connectivity index (χ1v) is 6.60. The summed E-state index contributed by atoms with van der Waals surface area (Å²) in [7, 11) is 0. The van der Waals surface area contributed by atoms with Gasteiger partial charge in [-0.05, 0) is 42.3 Å². The van der Waals surface area contributed by atoms with Crippen molar-refractivity contribution in [2.24, 2.45) is 5.73 Å². The minimum Gasteiger partial charge on any atom is -0.381 e. The van der Waals surface area contributed by atoms with Gasteiger partial charge >= 0.3 is 0 Å². The van der Waals surface area contributed by atoms with Crippen LogP contribution in [0.25, 0.3) is 0 Å². The molecule has 0 fully saturated rings. The number of hydrogen-bond donors (Lipinski definition) is 2. The van der Waals surface area contributed by atoms with Crippen molar-refractivity contribution in [3.05, 3.63) is 57.8 Å². The van der Waals surface area contributed by atoms with Crippen molar-refractivity contribution in [1.29, 1.82) is 0 Å². The summed E-state index contributed by atoms with van der Waals surface area (Å²) in [6, 6.07) is 9.59. The van der Waals surface area contributed by atoms with Crippen LogP contribution in [0.3, 0.4) is 0 Å². The first kappa shape index (κ1) is 13.5. The fourth-order valence-electron chi connectivity index (χ4n) is 1.70. The van der Waals surface area contributed by atoms with Crippen LogP contribution in [-0.4, -0.2) is 10.9 Å². The van der Waals surface area contributed by atoms with E-state index in [1.165, 1.54) is 11.1 Å². The van der Waals surface area contributed by atoms with Gasteiger partial charge in [-0.25, -0.2) is 0 Å². The second-order valence-corrected chi connectivity index (χ2v) is 5.13. The fraction of sp³-hybridized carbons (Fsp3) is 0.143. The Bertz CT molecular complexity index is 613. The number of aryl methyl sites for hydroxylation is 1. The van der Waals surface area contributed by atoms with Crippen LogP contribution in [0.15, 0.2) is 41.0 Å². The Morgan fingerprint density at radius 1 is 1.37 bits per heavy atom. The van der Waals surface area contributed by atoms with Gasteiger partial charge in [0.1, 0.15) is 5.69 Å². The van der Waals surface area contributed by atoms with Gasteiger partial charge in [-0.3, -0.25) is 9.78 Å². The Labute approximate surface area is 120 Å². The number of nitrogens with one attached hydrogen (secondary N) is 1. The zero-order chi connectivity index (χ0) is 13.8. The van der Waals surface area contributed by atoms with Gasteiger partial charge in [0.15, 0.2) is 0 Å². The maximum atomic E-state index is 11.1. The number of primary amides is 1. The van der Waals surface area contributed by atoms with Gasteiger partial charge in [-0.1, -0.05) is 22.0 Å². The smallest absolute Gasteiger partial charge is 0.267 e. The molecule has 0 saturated carbocycles. The molecule has 0 bridgehead atoms. The van der Waals surface area contributed by atoms with E-state index in [0.717, 1.165) is 10.2 Å². The number of benzene rings is 1. The molecule has 1 amide bonds. The molecule has 1 aromatic carbocycles. The van der Waals surface area contributed by atoms with Gasteiger partial charge in [0.05, 0.1) is 0 Å². The predicted molar refractivity (Wildman–Crippen MR) is 79.0 cm³/mol. The largest absolute Gasteiger partial charge is 0.381 e. The highest BCUT2D eigenvalue weighted by atomic mass is 79.9. The van der Waals surface area contributed by atoms with Crippen LogP contribution < -0.4 is 11.1 Å². The van der Waals surface area contributed by atoms with Crippen molar-refractivity contribution in [2.45, 2.75) is 13.5 Å². The lowest BCUT2D eigenvalue weighted by Gasteiger charge is -2.10. The number of hydrogen-bond acceptors (Lipinski definition) is 3. The first-order chi connectivity index (χ1) is 9.06. The fourth-order valence-corrected chi connectivity index (χ4v) is 2.11. The third kappa shape index (κ3) is 3.54. The summed E-state index contributed by atoms with van der Waals surface area (Å²) in [5.74, 6) is -0.526. The number of halogens is 1. The molecule has 19 heavy (non-hydrogen) atoms. The number of carbonyl (C=O) groups is 1. The number of anilines is 1. The predicted octanol–water partition coefficient (Wildman–Crippen LogP) is 2.86. The monoisotopic (exact) mass is 319 g/mol. The topological polar surface area (TPSA) is 68.0 Å². The van der Waals surface area contributed by atoms with Gasteiger partial charge in [-0.15, -0.1) is 0 Å². The van der Waals surface area contributed by atoms with E-state index in [9.17, 15) is 4.79 Å². The van der Waals surface area contributed by atoms with Gasteiger partial charge in [0.2, 0.25) is 0 Å². The van der Waals surface area contributed by atoms with Gasteiger partial charge < -0.3 is 11.1 Å². The summed E-state index contributed by atoms with van der Waals surface area (Å²) in [6.07, 6.45) is 1.57. The van der Waals surface area contributed by atoms with E-state index >= 15 is 0 Å². The summed E-state index contributed by atoms with van der Waals surface area (Å²) < 4.78 is 1.04. The summed E-state index contributed by atoms with van der Waals surface area (Å²) >= 11 is 3.45. The Hall–Kier alpha value is -1.88. The van der Waals surface area contributed by atoms with Crippen molar-refractivity contribution in [2.75, 3.05) is 5.32 Å². The maximum Gasteiger partial charge on any atom is 0.267 e. The molecule has 0 unspecified atom stereocenters. The molecule has 0 saturated heterocycles. The standard InChI is InChI=1S/C14H14BrN3O/c1-9-2-3-11(15)6-10(9)8-18-12-4-5-17-13(7-12)14(16)19/h2-7H,8H2,1H3,(H2,16,19)(H,17,18). The van der Waals surface area contributed by atoms with E-state index < -0.39 is 5.91 Å².